The van der Waals surface area contributed by atoms with Crippen LogP contribution in [-0.4, -0.2) is 65.4 Å². The minimum Gasteiger partial charge on any atom is -0.496 e. The smallest absolute Gasteiger partial charge is 0.254 e. The highest BCUT2D eigenvalue weighted by molar-refractivity contribution is 5.96. The Labute approximate surface area is 172 Å². The number of nitrogens with zero attached hydrogens (tertiary/aromatic N) is 4. The van der Waals surface area contributed by atoms with Gasteiger partial charge in [-0.2, -0.15) is 5.10 Å². The molecule has 7 nitrogen and oxygen atoms in total. The summed E-state index contributed by atoms with van der Waals surface area (Å²) in [6, 6.07) is 5.66. The first-order valence-corrected chi connectivity index (χ1v) is 10.4. The zero-order valence-electron chi connectivity index (χ0n) is 17.6. The molecule has 2 aromatic rings. The fourth-order valence-corrected chi connectivity index (χ4v) is 4.33. The van der Waals surface area contributed by atoms with Crippen LogP contribution in [0.3, 0.4) is 0 Å². The Morgan fingerprint density at radius 1 is 1.24 bits per heavy atom. The molecule has 1 amide bonds. The molecule has 0 bridgehead atoms. The molecule has 0 unspecified atom stereocenters. The van der Waals surface area contributed by atoms with E-state index in [1.54, 1.807) is 7.11 Å². The number of ether oxygens (including phenoxy) is 2. The molecule has 1 aromatic carbocycles. The van der Waals surface area contributed by atoms with Gasteiger partial charge in [-0.05, 0) is 26.0 Å². The molecule has 29 heavy (non-hydrogen) atoms. The lowest BCUT2D eigenvalue weighted by Crippen LogP contribution is -2.48. The predicted octanol–water partition coefficient (Wildman–Crippen LogP) is 2.25. The van der Waals surface area contributed by atoms with E-state index in [0.29, 0.717) is 6.61 Å². The number of piperazine rings is 1. The standard InChI is InChI=1S/C22H30N4O3/c1-4-26-20-8-13-29-15-18(20)19(23-26)14-24-9-11-25(12-10-24)22(27)17-6-5-7-21(28-3)16(17)2/h5-7H,4,8-15H2,1-3H3. The third-order valence-electron chi connectivity index (χ3n) is 6.05. The van der Waals surface area contributed by atoms with Gasteiger partial charge in [-0.3, -0.25) is 14.4 Å². The lowest BCUT2D eigenvalue weighted by Gasteiger charge is -2.35. The molecule has 1 fully saturated rings. The molecule has 3 heterocycles. The second-order valence-electron chi connectivity index (χ2n) is 7.69. The Hall–Kier alpha value is -2.38. The van der Waals surface area contributed by atoms with Crippen molar-refractivity contribution in [1.82, 2.24) is 19.6 Å². The highest BCUT2D eigenvalue weighted by atomic mass is 16.5. The molecule has 2 aliphatic rings. The number of carbonyl (C=O) groups excluding carboxylic acids is 1. The van der Waals surface area contributed by atoms with E-state index < -0.39 is 0 Å². The molecule has 0 saturated carbocycles. The number of carbonyl (C=O) groups is 1. The van der Waals surface area contributed by atoms with E-state index in [0.717, 1.165) is 74.9 Å². The highest BCUT2D eigenvalue weighted by Gasteiger charge is 2.26. The van der Waals surface area contributed by atoms with Crippen LogP contribution in [-0.2, 0) is 30.9 Å². The first-order valence-electron chi connectivity index (χ1n) is 10.4. The summed E-state index contributed by atoms with van der Waals surface area (Å²) in [5, 5.41) is 4.84. The van der Waals surface area contributed by atoms with E-state index >= 15 is 0 Å². The number of amides is 1. The molecular weight excluding hydrogens is 368 g/mol. The molecule has 4 rings (SSSR count). The topological polar surface area (TPSA) is 59.8 Å². The Bertz CT molecular complexity index is 884. The van der Waals surface area contributed by atoms with Crippen molar-refractivity contribution in [1.29, 1.82) is 0 Å². The number of hydrogen-bond donors (Lipinski definition) is 0. The normalized spacial score (nSPS) is 17.3. The number of benzene rings is 1. The van der Waals surface area contributed by atoms with Crippen molar-refractivity contribution < 1.29 is 14.3 Å². The van der Waals surface area contributed by atoms with E-state index in [4.69, 9.17) is 14.6 Å². The van der Waals surface area contributed by atoms with Crippen LogP contribution in [0, 0.1) is 6.92 Å². The maximum Gasteiger partial charge on any atom is 0.254 e. The van der Waals surface area contributed by atoms with Gasteiger partial charge in [0.2, 0.25) is 0 Å². The number of methoxy groups -OCH3 is 1. The zero-order valence-corrected chi connectivity index (χ0v) is 17.6. The average Bonchev–Trinajstić information content (AvgIpc) is 3.12. The minimum atomic E-state index is 0.0853. The van der Waals surface area contributed by atoms with Gasteiger partial charge >= 0.3 is 0 Å². The zero-order chi connectivity index (χ0) is 20.4. The number of fused-ring (bicyclic) bond motifs is 1. The van der Waals surface area contributed by atoms with Crippen LogP contribution in [0.5, 0.6) is 5.75 Å². The van der Waals surface area contributed by atoms with Crippen LogP contribution in [0.4, 0.5) is 0 Å². The molecule has 0 aliphatic carbocycles. The Morgan fingerprint density at radius 2 is 2.03 bits per heavy atom. The van der Waals surface area contributed by atoms with Gasteiger partial charge in [-0.15, -0.1) is 0 Å². The van der Waals surface area contributed by atoms with E-state index in [1.165, 1.54) is 11.3 Å². The average molecular weight is 399 g/mol. The number of hydrogen-bond acceptors (Lipinski definition) is 5. The van der Waals surface area contributed by atoms with Gasteiger partial charge in [0.15, 0.2) is 0 Å². The molecule has 0 radical (unpaired) electrons. The van der Waals surface area contributed by atoms with Gasteiger partial charge in [-0.25, -0.2) is 0 Å². The second kappa shape index (κ2) is 8.55. The van der Waals surface area contributed by atoms with Crippen LogP contribution in [0.25, 0.3) is 0 Å². The molecular formula is C22H30N4O3. The Kier molecular flexibility index (Phi) is 5.87. The molecule has 0 N–H and O–H groups in total. The van der Waals surface area contributed by atoms with Gasteiger partial charge in [0, 0.05) is 68.1 Å². The second-order valence-corrected chi connectivity index (χ2v) is 7.69. The quantitative estimate of drug-likeness (QED) is 0.773. The molecule has 7 heteroatoms. The van der Waals surface area contributed by atoms with Crippen molar-refractivity contribution in [3.05, 3.63) is 46.3 Å². The predicted molar refractivity (Wildman–Crippen MR) is 110 cm³/mol. The van der Waals surface area contributed by atoms with Crippen LogP contribution >= 0.6 is 0 Å². The van der Waals surface area contributed by atoms with Gasteiger partial charge in [0.05, 0.1) is 26.0 Å². The maximum atomic E-state index is 13.0. The van der Waals surface area contributed by atoms with Crippen molar-refractivity contribution in [3.8, 4) is 5.75 Å². The first-order chi connectivity index (χ1) is 14.1. The fourth-order valence-electron chi connectivity index (χ4n) is 4.33. The summed E-state index contributed by atoms with van der Waals surface area (Å²) in [6.07, 6.45) is 0.943. The van der Waals surface area contributed by atoms with Crippen molar-refractivity contribution in [2.24, 2.45) is 0 Å². The van der Waals surface area contributed by atoms with Crippen molar-refractivity contribution >= 4 is 5.91 Å². The lowest BCUT2D eigenvalue weighted by molar-refractivity contribution is 0.0623. The Morgan fingerprint density at radius 3 is 2.76 bits per heavy atom. The summed E-state index contributed by atoms with van der Waals surface area (Å²) in [7, 11) is 1.64. The molecule has 1 saturated heterocycles. The number of rotatable bonds is 5. The molecule has 1 aromatic heterocycles. The van der Waals surface area contributed by atoms with E-state index in [2.05, 4.69) is 16.5 Å². The summed E-state index contributed by atoms with van der Waals surface area (Å²) in [5.74, 6) is 0.843. The third-order valence-corrected chi connectivity index (χ3v) is 6.05. The fraction of sp³-hybridized carbons (Fsp3) is 0.545. The SMILES string of the molecule is CCn1nc(CN2CCN(C(=O)c3cccc(OC)c3C)CC2)c2c1CCOC2. The van der Waals surface area contributed by atoms with Gasteiger partial charge < -0.3 is 14.4 Å². The molecule has 2 aliphatic heterocycles. The van der Waals surface area contributed by atoms with Gasteiger partial charge in [-0.1, -0.05) is 6.07 Å². The van der Waals surface area contributed by atoms with E-state index in [1.807, 2.05) is 30.0 Å². The maximum absolute atomic E-state index is 13.0. The summed E-state index contributed by atoms with van der Waals surface area (Å²) < 4.78 is 13.2. The van der Waals surface area contributed by atoms with E-state index in [-0.39, 0.29) is 5.91 Å². The number of aromatic nitrogens is 2. The lowest BCUT2D eigenvalue weighted by atomic mass is 10.1. The van der Waals surface area contributed by atoms with Crippen LogP contribution in [0.15, 0.2) is 18.2 Å². The van der Waals surface area contributed by atoms with Crippen LogP contribution < -0.4 is 4.74 Å². The van der Waals surface area contributed by atoms with Crippen molar-refractivity contribution in [2.45, 2.75) is 40.0 Å². The monoisotopic (exact) mass is 398 g/mol. The summed E-state index contributed by atoms with van der Waals surface area (Å²) in [5.41, 5.74) is 5.36. The number of aryl methyl sites for hydroxylation is 1. The largest absolute Gasteiger partial charge is 0.496 e. The first kappa shape index (κ1) is 19.9. The Balaban J connectivity index is 1.40. The molecule has 0 atom stereocenters. The summed E-state index contributed by atoms with van der Waals surface area (Å²) in [6.45, 7) is 10.4. The molecule has 156 valence electrons. The van der Waals surface area contributed by atoms with Crippen molar-refractivity contribution in [2.75, 3.05) is 39.9 Å². The minimum absolute atomic E-state index is 0.0853. The molecule has 0 spiro atoms. The highest BCUT2D eigenvalue weighted by Crippen LogP contribution is 2.24. The van der Waals surface area contributed by atoms with Crippen LogP contribution in [0.2, 0.25) is 0 Å². The summed E-state index contributed by atoms with van der Waals surface area (Å²) in [4.78, 5) is 17.3. The third kappa shape index (κ3) is 3.89. The van der Waals surface area contributed by atoms with E-state index in [9.17, 15) is 4.79 Å². The van der Waals surface area contributed by atoms with Crippen molar-refractivity contribution in [3.63, 3.8) is 0 Å². The van der Waals surface area contributed by atoms with Gasteiger partial charge in [0.1, 0.15) is 5.75 Å². The van der Waals surface area contributed by atoms with Gasteiger partial charge in [0.25, 0.3) is 5.91 Å². The summed E-state index contributed by atoms with van der Waals surface area (Å²) >= 11 is 0. The van der Waals surface area contributed by atoms with Crippen LogP contribution in [0.1, 0.15) is 39.8 Å².